The lowest BCUT2D eigenvalue weighted by molar-refractivity contribution is 0.0940. The first-order valence-corrected chi connectivity index (χ1v) is 12.6. The van der Waals surface area contributed by atoms with E-state index in [0.717, 1.165) is 24.2 Å². The van der Waals surface area contributed by atoms with Crippen molar-refractivity contribution in [2.45, 2.75) is 51.1 Å². The lowest BCUT2D eigenvalue weighted by atomic mass is 10.1. The van der Waals surface area contributed by atoms with Crippen LogP contribution in [0.4, 0.5) is 0 Å². The fourth-order valence-corrected chi connectivity index (χ4v) is 5.69. The largest absolute Gasteiger partial charge is 0.346 e. The number of nitrogens with zero attached hydrogens (tertiary/aromatic N) is 3. The fraction of sp³-hybridized carbons (Fsp3) is 0.375. The van der Waals surface area contributed by atoms with Crippen LogP contribution in [-0.4, -0.2) is 41.3 Å². The predicted molar refractivity (Wildman–Crippen MR) is 127 cm³/mol. The number of nitrogens with one attached hydrogen (secondary N) is 1. The van der Waals surface area contributed by atoms with Gasteiger partial charge in [0.05, 0.1) is 21.8 Å². The number of carbonyl (C=O) groups is 1. The van der Waals surface area contributed by atoms with Crippen LogP contribution in [0.2, 0.25) is 0 Å². The summed E-state index contributed by atoms with van der Waals surface area (Å²) in [6.07, 6.45) is 1.66. The van der Waals surface area contributed by atoms with Crippen molar-refractivity contribution in [1.29, 1.82) is 0 Å². The molecule has 0 saturated carbocycles. The van der Waals surface area contributed by atoms with E-state index in [2.05, 4.69) is 10.3 Å². The van der Waals surface area contributed by atoms with E-state index in [1.165, 1.54) is 4.31 Å². The first-order valence-electron chi connectivity index (χ1n) is 11.2. The molecule has 8 nitrogen and oxygen atoms in total. The Morgan fingerprint density at radius 1 is 1.15 bits per heavy atom. The predicted octanol–water partition coefficient (Wildman–Crippen LogP) is 2.86. The molecule has 33 heavy (non-hydrogen) atoms. The minimum Gasteiger partial charge on any atom is -0.346 e. The third kappa shape index (κ3) is 4.30. The van der Waals surface area contributed by atoms with Gasteiger partial charge in [-0.3, -0.25) is 14.2 Å². The zero-order valence-electron chi connectivity index (χ0n) is 19.0. The molecule has 0 radical (unpaired) electrons. The molecule has 1 aliphatic heterocycles. The SMILES string of the molecule is CCN(CC)S(=O)(=O)c1ccc([C@@H](C)NC(=O)c2ccc3c(=O)n4c(nc3c2)CCC4)cc1. The van der Waals surface area contributed by atoms with Crippen LogP contribution in [0.15, 0.2) is 52.2 Å². The number of hydrogen-bond donors (Lipinski definition) is 1. The average Bonchev–Trinajstić information content (AvgIpc) is 3.28. The van der Waals surface area contributed by atoms with Gasteiger partial charge in [-0.1, -0.05) is 26.0 Å². The highest BCUT2D eigenvalue weighted by Crippen LogP contribution is 2.21. The normalized spacial score (nSPS) is 14.4. The third-order valence-corrected chi connectivity index (χ3v) is 8.21. The summed E-state index contributed by atoms with van der Waals surface area (Å²) in [6.45, 7) is 6.95. The molecule has 2 aromatic carbocycles. The Balaban J connectivity index is 1.52. The summed E-state index contributed by atoms with van der Waals surface area (Å²) in [7, 11) is -3.53. The lowest BCUT2D eigenvalue weighted by Crippen LogP contribution is -2.30. The second-order valence-corrected chi connectivity index (χ2v) is 10.1. The molecule has 1 N–H and O–H groups in total. The molecular formula is C24H28N4O4S. The minimum absolute atomic E-state index is 0.0624. The lowest BCUT2D eigenvalue weighted by Gasteiger charge is -2.19. The van der Waals surface area contributed by atoms with Gasteiger partial charge in [0.2, 0.25) is 10.0 Å². The third-order valence-electron chi connectivity index (χ3n) is 6.15. The van der Waals surface area contributed by atoms with Gasteiger partial charge in [0.25, 0.3) is 11.5 Å². The van der Waals surface area contributed by atoms with E-state index in [4.69, 9.17) is 0 Å². The van der Waals surface area contributed by atoms with Gasteiger partial charge in [-0.05, 0) is 49.2 Å². The van der Waals surface area contributed by atoms with Gasteiger partial charge in [-0.2, -0.15) is 4.31 Å². The van der Waals surface area contributed by atoms with E-state index < -0.39 is 10.0 Å². The highest BCUT2D eigenvalue weighted by Gasteiger charge is 2.22. The quantitative estimate of drug-likeness (QED) is 0.575. The zero-order chi connectivity index (χ0) is 23.8. The van der Waals surface area contributed by atoms with Gasteiger partial charge in [-0.25, -0.2) is 13.4 Å². The van der Waals surface area contributed by atoms with Crippen LogP contribution in [-0.2, 0) is 23.0 Å². The van der Waals surface area contributed by atoms with Crippen LogP contribution in [0.1, 0.15) is 55.0 Å². The molecule has 9 heteroatoms. The van der Waals surface area contributed by atoms with Gasteiger partial charge in [0.1, 0.15) is 5.82 Å². The number of amides is 1. The number of benzene rings is 2. The summed E-state index contributed by atoms with van der Waals surface area (Å²) in [5.74, 6) is 0.477. The molecule has 0 saturated heterocycles. The summed E-state index contributed by atoms with van der Waals surface area (Å²) in [5, 5.41) is 3.45. The van der Waals surface area contributed by atoms with Crippen molar-refractivity contribution in [1.82, 2.24) is 19.2 Å². The van der Waals surface area contributed by atoms with Crippen molar-refractivity contribution in [3.63, 3.8) is 0 Å². The first-order chi connectivity index (χ1) is 15.8. The summed E-state index contributed by atoms with van der Waals surface area (Å²) >= 11 is 0. The van der Waals surface area contributed by atoms with Crippen LogP contribution >= 0.6 is 0 Å². The zero-order valence-corrected chi connectivity index (χ0v) is 19.9. The summed E-state index contributed by atoms with van der Waals surface area (Å²) < 4.78 is 28.4. The van der Waals surface area contributed by atoms with E-state index in [1.54, 1.807) is 60.9 Å². The van der Waals surface area contributed by atoms with E-state index in [0.29, 0.717) is 36.1 Å². The average molecular weight is 469 g/mol. The van der Waals surface area contributed by atoms with Crippen LogP contribution in [0.3, 0.4) is 0 Å². The fourth-order valence-electron chi connectivity index (χ4n) is 4.23. The summed E-state index contributed by atoms with van der Waals surface area (Å²) in [4.78, 5) is 30.3. The Kier molecular flexibility index (Phi) is 6.36. The number of fused-ring (bicyclic) bond motifs is 2. The Morgan fingerprint density at radius 3 is 2.52 bits per heavy atom. The molecule has 0 spiro atoms. The van der Waals surface area contributed by atoms with E-state index in [9.17, 15) is 18.0 Å². The van der Waals surface area contributed by atoms with Crippen molar-refractivity contribution in [3.05, 3.63) is 69.8 Å². The second-order valence-electron chi connectivity index (χ2n) is 8.17. The number of aryl methyl sites for hydroxylation is 1. The van der Waals surface area contributed by atoms with Crippen LogP contribution < -0.4 is 10.9 Å². The number of hydrogen-bond acceptors (Lipinski definition) is 5. The number of rotatable bonds is 7. The molecule has 174 valence electrons. The topological polar surface area (TPSA) is 101 Å². The van der Waals surface area contributed by atoms with Crippen LogP contribution in [0.5, 0.6) is 0 Å². The van der Waals surface area contributed by atoms with Gasteiger partial charge < -0.3 is 5.32 Å². The molecule has 3 aromatic rings. The van der Waals surface area contributed by atoms with Crippen molar-refractivity contribution >= 4 is 26.8 Å². The van der Waals surface area contributed by atoms with Gasteiger partial charge in [-0.15, -0.1) is 0 Å². The standard InChI is InChI=1S/C24H28N4O4S/c1-4-27(5-2)33(31,32)19-11-8-17(9-12-19)16(3)25-23(29)18-10-13-20-21(15-18)26-22-7-6-14-28(22)24(20)30/h8-13,15-16H,4-7,14H2,1-3H3,(H,25,29)/t16-/m1/s1. The van der Waals surface area contributed by atoms with Crippen molar-refractivity contribution < 1.29 is 13.2 Å². The molecular weight excluding hydrogens is 440 g/mol. The summed E-state index contributed by atoms with van der Waals surface area (Å²) in [5.41, 5.74) is 1.67. The Hall–Kier alpha value is -3.04. The van der Waals surface area contributed by atoms with Crippen molar-refractivity contribution in [3.8, 4) is 0 Å². The number of sulfonamides is 1. The summed E-state index contributed by atoms with van der Waals surface area (Å²) in [6, 6.07) is 11.2. The van der Waals surface area contributed by atoms with Gasteiger partial charge >= 0.3 is 0 Å². The molecule has 0 bridgehead atoms. The smallest absolute Gasteiger partial charge is 0.261 e. The molecule has 1 amide bonds. The maximum atomic E-state index is 12.9. The minimum atomic E-state index is -3.53. The van der Waals surface area contributed by atoms with Crippen LogP contribution in [0.25, 0.3) is 10.9 Å². The maximum Gasteiger partial charge on any atom is 0.261 e. The van der Waals surface area contributed by atoms with Gasteiger partial charge in [0, 0.05) is 31.6 Å². The van der Waals surface area contributed by atoms with E-state index >= 15 is 0 Å². The highest BCUT2D eigenvalue weighted by atomic mass is 32.2. The molecule has 1 atom stereocenters. The van der Waals surface area contributed by atoms with Crippen molar-refractivity contribution in [2.24, 2.45) is 0 Å². The Morgan fingerprint density at radius 2 is 1.85 bits per heavy atom. The number of aromatic nitrogens is 2. The second kappa shape index (κ2) is 9.07. The van der Waals surface area contributed by atoms with Crippen LogP contribution in [0, 0.1) is 0 Å². The molecule has 0 unspecified atom stereocenters. The monoisotopic (exact) mass is 468 g/mol. The Labute approximate surface area is 193 Å². The van der Waals surface area contributed by atoms with E-state index in [-0.39, 0.29) is 22.4 Å². The highest BCUT2D eigenvalue weighted by molar-refractivity contribution is 7.89. The molecule has 4 rings (SSSR count). The molecule has 1 aromatic heterocycles. The Bertz CT molecular complexity index is 1360. The molecule has 0 fully saturated rings. The number of carbonyl (C=O) groups excluding carboxylic acids is 1. The molecule has 1 aliphatic rings. The molecule has 2 heterocycles. The molecule has 0 aliphatic carbocycles. The maximum absolute atomic E-state index is 12.9. The van der Waals surface area contributed by atoms with Crippen molar-refractivity contribution in [2.75, 3.05) is 13.1 Å². The first kappa shape index (κ1) is 23.1. The van der Waals surface area contributed by atoms with Gasteiger partial charge in [0.15, 0.2) is 0 Å². The van der Waals surface area contributed by atoms with E-state index in [1.807, 2.05) is 6.92 Å².